The number of imidazole rings is 1. The molecule has 0 amide bonds. The van der Waals surface area contributed by atoms with Crippen LogP contribution in [0, 0.1) is 5.82 Å². The number of hydrogen-bond acceptors (Lipinski definition) is 4. The lowest BCUT2D eigenvalue weighted by molar-refractivity contribution is 0.0564. The summed E-state index contributed by atoms with van der Waals surface area (Å²) in [5, 5.41) is 4.70. The molecule has 0 bridgehead atoms. The van der Waals surface area contributed by atoms with E-state index in [1.807, 2.05) is 30.5 Å². The van der Waals surface area contributed by atoms with Crippen LogP contribution in [0.25, 0.3) is 21.9 Å². The van der Waals surface area contributed by atoms with Gasteiger partial charge in [0.15, 0.2) is 0 Å². The lowest BCUT2D eigenvalue weighted by Gasteiger charge is -2.26. The third-order valence-corrected chi connectivity index (χ3v) is 5.07. The van der Waals surface area contributed by atoms with Crippen molar-refractivity contribution in [2.45, 2.75) is 19.2 Å². The van der Waals surface area contributed by atoms with Crippen LogP contribution in [0.1, 0.15) is 17.4 Å². The Hall–Kier alpha value is -2.83. The molecule has 3 heterocycles. The van der Waals surface area contributed by atoms with E-state index in [0.717, 1.165) is 35.3 Å². The molecule has 5 nitrogen and oxygen atoms in total. The van der Waals surface area contributed by atoms with Crippen molar-refractivity contribution < 1.29 is 9.13 Å². The number of ether oxygens (including phenoxy) is 1. The molecule has 1 aliphatic rings. The molecule has 4 aromatic rings. The highest BCUT2D eigenvalue weighted by Gasteiger charge is 2.24. The van der Waals surface area contributed by atoms with Gasteiger partial charge in [0.2, 0.25) is 0 Å². The van der Waals surface area contributed by atoms with E-state index < -0.39 is 0 Å². The molecule has 1 atom stereocenters. The fourth-order valence-electron chi connectivity index (χ4n) is 3.82. The molecule has 0 radical (unpaired) electrons. The summed E-state index contributed by atoms with van der Waals surface area (Å²) in [6, 6.07) is 15.1. The van der Waals surface area contributed by atoms with E-state index in [1.165, 1.54) is 17.7 Å². The van der Waals surface area contributed by atoms with Crippen LogP contribution in [0.5, 0.6) is 0 Å². The number of nitrogens with one attached hydrogen (secondary N) is 1. The molecular formula is C21H19FN4O. The van der Waals surface area contributed by atoms with Crippen molar-refractivity contribution in [3.8, 4) is 0 Å². The van der Waals surface area contributed by atoms with Crippen molar-refractivity contribution >= 4 is 21.9 Å². The predicted octanol–water partition coefficient (Wildman–Crippen LogP) is 3.58. The summed E-state index contributed by atoms with van der Waals surface area (Å²) >= 11 is 0. The Bertz CT molecular complexity index is 1120. The first-order chi connectivity index (χ1) is 13.3. The molecule has 1 aliphatic heterocycles. The summed E-state index contributed by atoms with van der Waals surface area (Å²) in [6.45, 7) is 2.56. The van der Waals surface area contributed by atoms with Crippen molar-refractivity contribution in [1.82, 2.24) is 19.9 Å². The third-order valence-electron chi connectivity index (χ3n) is 5.07. The van der Waals surface area contributed by atoms with Gasteiger partial charge >= 0.3 is 0 Å². The molecule has 0 unspecified atom stereocenters. The molecule has 2 aromatic carbocycles. The predicted molar refractivity (Wildman–Crippen MR) is 102 cm³/mol. The summed E-state index contributed by atoms with van der Waals surface area (Å²) in [6.07, 6.45) is 1.85. The maximum absolute atomic E-state index is 13.5. The highest BCUT2D eigenvalue weighted by Crippen LogP contribution is 2.26. The number of rotatable bonds is 4. The third kappa shape index (κ3) is 2.97. The van der Waals surface area contributed by atoms with Crippen LogP contribution in [0.4, 0.5) is 4.39 Å². The normalized spacial score (nSPS) is 16.7. The Morgan fingerprint density at radius 3 is 3.04 bits per heavy atom. The second-order valence-corrected chi connectivity index (χ2v) is 6.82. The number of fused-ring (bicyclic) bond motifs is 4. The number of benzene rings is 2. The average Bonchev–Trinajstić information content (AvgIpc) is 3.06. The highest BCUT2D eigenvalue weighted by molar-refractivity contribution is 5.81. The van der Waals surface area contributed by atoms with Gasteiger partial charge in [0.1, 0.15) is 18.2 Å². The summed E-state index contributed by atoms with van der Waals surface area (Å²) in [7, 11) is 0. The van der Waals surface area contributed by atoms with Crippen LogP contribution in [-0.2, 0) is 17.9 Å². The number of halogens is 1. The first-order valence-corrected chi connectivity index (χ1v) is 9.07. The lowest BCUT2D eigenvalue weighted by atomic mass is 10.1. The van der Waals surface area contributed by atoms with E-state index in [-0.39, 0.29) is 11.9 Å². The molecule has 0 saturated heterocycles. The van der Waals surface area contributed by atoms with Gasteiger partial charge in [-0.25, -0.2) is 9.37 Å². The first kappa shape index (κ1) is 16.4. The minimum Gasteiger partial charge on any atom is -0.371 e. The van der Waals surface area contributed by atoms with Crippen molar-refractivity contribution in [2.75, 3.05) is 13.2 Å². The fourth-order valence-corrected chi connectivity index (χ4v) is 3.82. The Morgan fingerprint density at radius 2 is 2.07 bits per heavy atom. The molecule has 6 heteroatoms. The van der Waals surface area contributed by atoms with Gasteiger partial charge in [-0.15, -0.1) is 0 Å². The van der Waals surface area contributed by atoms with Gasteiger partial charge in [-0.2, -0.15) is 0 Å². The summed E-state index contributed by atoms with van der Waals surface area (Å²) in [4.78, 5) is 8.95. The molecule has 0 aliphatic carbocycles. The Balaban J connectivity index is 1.37. The quantitative estimate of drug-likeness (QED) is 0.603. The number of nitrogens with zero attached hydrogens (tertiary/aromatic N) is 3. The average molecular weight is 362 g/mol. The molecule has 2 aromatic heterocycles. The van der Waals surface area contributed by atoms with E-state index in [9.17, 15) is 4.39 Å². The first-order valence-electron chi connectivity index (χ1n) is 9.07. The number of aromatic nitrogens is 3. The van der Waals surface area contributed by atoms with Crippen LogP contribution < -0.4 is 5.32 Å². The van der Waals surface area contributed by atoms with E-state index in [2.05, 4.69) is 25.9 Å². The van der Waals surface area contributed by atoms with Gasteiger partial charge in [0.05, 0.1) is 29.2 Å². The largest absolute Gasteiger partial charge is 0.371 e. The number of pyridine rings is 1. The SMILES string of the molecule is Fc1ccc2c(c1)nc1n2[C@@H](CNCc2ccnc3ccccc23)COC1. The molecule has 5 rings (SSSR count). The monoisotopic (exact) mass is 362 g/mol. The summed E-state index contributed by atoms with van der Waals surface area (Å²) in [5.74, 6) is 0.584. The second kappa shape index (κ2) is 6.72. The molecule has 1 N–H and O–H groups in total. The zero-order chi connectivity index (χ0) is 18.2. The van der Waals surface area contributed by atoms with Gasteiger partial charge in [-0.3, -0.25) is 4.98 Å². The molecule has 136 valence electrons. The van der Waals surface area contributed by atoms with Crippen LogP contribution >= 0.6 is 0 Å². The Morgan fingerprint density at radius 1 is 1.15 bits per heavy atom. The number of hydrogen-bond donors (Lipinski definition) is 1. The standard InChI is InChI=1S/C21H19FN4O/c22-15-5-6-20-19(9-15)25-21-13-27-12-16(26(20)21)11-23-10-14-7-8-24-18-4-2-1-3-17(14)18/h1-9,16,23H,10-13H2/t16-/m0/s1. The van der Waals surface area contributed by atoms with Crippen molar-refractivity contribution in [2.24, 2.45) is 0 Å². The van der Waals surface area contributed by atoms with Gasteiger partial charge in [0.25, 0.3) is 0 Å². The van der Waals surface area contributed by atoms with Gasteiger partial charge < -0.3 is 14.6 Å². The van der Waals surface area contributed by atoms with Crippen LogP contribution in [0.2, 0.25) is 0 Å². The molecule has 0 spiro atoms. The Kier molecular flexibility index (Phi) is 4.07. The van der Waals surface area contributed by atoms with E-state index in [0.29, 0.717) is 18.7 Å². The maximum atomic E-state index is 13.5. The van der Waals surface area contributed by atoms with E-state index in [1.54, 1.807) is 6.07 Å². The highest BCUT2D eigenvalue weighted by atomic mass is 19.1. The van der Waals surface area contributed by atoms with E-state index in [4.69, 9.17) is 4.74 Å². The van der Waals surface area contributed by atoms with Crippen LogP contribution in [0.15, 0.2) is 54.7 Å². The summed E-state index contributed by atoms with van der Waals surface area (Å²) in [5.41, 5.74) is 3.86. The Labute approximate surface area is 155 Å². The smallest absolute Gasteiger partial charge is 0.136 e. The fraction of sp³-hybridized carbons (Fsp3) is 0.238. The maximum Gasteiger partial charge on any atom is 0.136 e. The van der Waals surface area contributed by atoms with E-state index >= 15 is 0 Å². The zero-order valence-corrected chi connectivity index (χ0v) is 14.7. The molecule has 0 saturated carbocycles. The van der Waals surface area contributed by atoms with Crippen LogP contribution in [0.3, 0.4) is 0 Å². The number of para-hydroxylation sites is 1. The minimum atomic E-state index is -0.266. The van der Waals surface area contributed by atoms with Crippen molar-refractivity contribution in [3.63, 3.8) is 0 Å². The molecular weight excluding hydrogens is 343 g/mol. The second-order valence-electron chi connectivity index (χ2n) is 6.82. The lowest BCUT2D eigenvalue weighted by Crippen LogP contribution is -2.32. The molecule has 27 heavy (non-hydrogen) atoms. The van der Waals surface area contributed by atoms with Gasteiger partial charge in [-0.1, -0.05) is 18.2 Å². The summed E-state index contributed by atoms with van der Waals surface area (Å²) < 4.78 is 21.4. The van der Waals surface area contributed by atoms with Crippen molar-refractivity contribution in [3.05, 3.63) is 71.9 Å². The zero-order valence-electron chi connectivity index (χ0n) is 14.7. The minimum absolute atomic E-state index is 0.123. The van der Waals surface area contributed by atoms with Gasteiger partial charge in [0, 0.05) is 30.7 Å². The topological polar surface area (TPSA) is 52.0 Å². The van der Waals surface area contributed by atoms with Crippen LogP contribution in [-0.4, -0.2) is 27.7 Å². The molecule has 0 fully saturated rings. The van der Waals surface area contributed by atoms with Crippen molar-refractivity contribution in [1.29, 1.82) is 0 Å². The van der Waals surface area contributed by atoms with Gasteiger partial charge in [-0.05, 0) is 29.8 Å².